The van der Waals surface area contributed by atoms with Gasteiger partial charge in [0.25, 0.3) is 0 Å². The Bertz CT molecular complexity index is 771. The van der Waals surface area contributed by atoms with Crippen LogP contribution in [0.2, 0.25) is 0 Å². The summed E-state index contributed by atoms with van der Waals surface area (Å²) in [5.41, 5.74) is 1.39. The van der Waals surface area contributed by atoms with Gasteiger partial charge in [-0.15, -0.1) is 0 Å². The van der Waals surface area contributed by atoms with Crippen molar-refractivity contribution in [3.05, 3.63) is 10.5 Å². The second-order valence-corrected chi connectivity index (χ2v) is 11.3. The molecule has 0 aromatic rings. The number of hydrogen-bond donors (Lipinski definition) is 0. The molecule has 0 aromatic heterocycles. The predicted octanol–water partition coefficient (Wildman–Crippen LogP) is 5.45. The Morgan fingerprint density at radius 2 is 1.83 bits per heavy atom. The third kappa shape index (κ3) is 3.32. The average molecular weight is 419 g/mol. The van der Waals surface area contributed by atoms with Crippen LogP contribution in [0.15, 0.2) is 10.5 Å². The zero-order chi connectivity index (χ0) is 21.0. The van der Waals surface area contributed by atoms with Crippen molar-refractivity contribution in [2.24, 2.45) is 28.6 Å². The van der Waals surface area contributed by atoms with Gasteiger partial charge in [-0.3, -0.25) is 14.4 Å². The van der Waals surface area contributed by atoms with Crippen molar-refractivity contribution in [1.29, 1.82) is 0 Å². The number of ether oxygens (including phenoxy) is 1. The van der Waals surface area contributed by atoms with Crippen LogP contribution in [0.3, 0.4) is 0 Å². The molecule has 3 saturated carbocycles. The number of fused-ring (bicyclic) bond motifs is 5. The first-order valence-electron chi connectivity index (χ1n) is 11.4. The second kappa shape index (κ2) is 7.55. The fourth-order valence-electron chi connectivity index (χ4n) is 7.32. The number of allylic oxidation sites excluding steroid dienone is 1. The second-order valence-electron chi connectivity index (χ2n) is 10.1. The Morgan fingerprint density at radius 1 is 1.07 bits per heavy atom. The van der Waals surface area contributed by atoms with Gasteiger partial charge in [0, 0.05) is 25.2 Å². The Kier molecular flexibility index (Phi) is 5.50. The van der Waals surface area contributed by atoms with E-state index in [0.717, 1.165) is 49.9 Å². The zero-order valence-corrected chi connectivity index (χ0v) is 19.0. The summed E-state index contributed by atoms with van der Waals surface area (Å²) in [5, 5.41) is 0.0137. The van der Waals surface area contributed by atoms with E-state index in [1.165, 1.54) is 17.3 Å². The fraction of sp³-hybridized carbons (Fsp3) is 0.792. The molecule has 0 aliphatic heterocycles. The molecule has 5 heteroatoms. The van der Waals surface area contributed by atoms with Crippen LogP contribution in [0.5, 0.6) is 0 Å². The summed E-state index contributed by atoms with van der Waals surface area (Å²) in [6.45, 7) is 8.14. The molecule has 0 radical (unpaired) electrons. The van der Waals surface area contributed by atoms with Gasteiger partial charge >= 0.3 is 5.97 Å². The highest BCUT2D eigenvalue weighted by Crippen LogP contribution is 2.66. The lowest BCUT2D eigenvalue weighted by Gasteiger charge is -2.58. The van der Waals surface area contributed by atoms with Crippen LogP contribution in [-0.2, 0) is 19.1 Å². The number of Topliss-reactive ketones (excluding diaryl/α,β-unsaturated/α-hetero) is 1. The first kappa shape index (κ1) is 21.1. The Labute approximate surface area is 178 Å². The third-order valence-corrected chi connectivity index (χ3v) is 9.76. The molecule has 4 aliphatic carbocycles. The molecule has 4 aliphatic rings. The lowest BCUT2D eigenvalue weighted by Crippen LogP contribution is -2.52. The van der Waals surface area contributed by atoms with Gasteiger partial charge < -0.3 is 4.74 Å². The van der Waals surface area contributed by atoms with Gasteiger partial charge in [0.2, 0.25) is 0 Å². The van der Waals surface area contributed by atoms with E-state index in [2.05, 4.69) is 13.8 Å². The SMILES string of the molecule is CCC(=O)O[C@@H]1CC[C@H]2[C@@H]3CCC4=C(SC(C)=O)C(=O)CC[C@]4(C)[C@H]3CC[C@]12C. The van der Waals surface area contributed by atoms with Crippen LogP contribution < -0.4 is 0 Å². The van der Waals surface area contributed by atoms with Gasteiger partial charge in [-0.2, -0.15) is 0 Å². The summed E-state index contributed by atoms with van der Waals surface area (Å²) in [4.78, 5) is 37.1. The van der Waals surface area contributed by atoms with E-state index in [1.807, 2.05) is 6.92 Å². The monoisotopic (exact) mass is 418 g/mol. The molecule has 0 N–H and O–H groups in total. The molecule has 0 heterocycles. The van der Waals surface area contributed by atoms with Gasteiger partial charge in [-0.1, -0.05) is 20.8 Å². The van der Waals surface area contributed by atoms with Gasteiger partial charge in [-0.05, 0) is 85.4 Å². The van der Waals surface area contributed by atoms with E-state index in [0.29, 0.717) is 30.6 Å². The number of ketones is 1. The van der Waals surface area contributed by atoms with Crippen molar-refractivity contribution in [2.75, 3.05) is 0 Å². The van der Waals surface area contributed by atoms with Crippen molar-refractivity contribution in [3.63, 3.8) is 0 Å². The lowest BCUT2D eigenvalue weighted by molar-refractivity contribution is -0.159. The maximum atomic E-state index is 12.6. The Balaban J connectivity index is 1.63. The molecule has 4 rings (SSSR count). The number of carbonyl (C=O) groups is 3. The molecule has 3 fully saturated rings. The van der Waals surface area contributed by atoms with E-state index in [1.54, 1.807) is 6.92 Å². The minimum Gasteiger partial charge on any atom is -0.462 e. The number of carbonyl (C=O) groups excluding carboxylic acids is 3. The topological polar surface area (TPSA) is 60.4 Å². The van der Waals surface area contributed by atoms with Crippen molar-refractivity contribution in [3.8, 4) is 0 Å². The first-order chi connectivity index (χ1) is 13.7. The number of hydrogen-bond acceptors (Lipinski definition) is 5. The van der Waals surface area contributed by atoms with E-state index in [9.17, 15) is 14.4 Å². The molecule has 0 aromatic carbocycles. The summed E-state index contributed by atoms with van der Waals surface area (Å²) < 4.78 is 5.89. The summed E-state index contributed by atoms with van der Waals surface area (Å²) in [6.07, 6.45) is 8.37. The van der Waals surface area contributed by atoms with Crippen LogP contribution in [0.1, 0.15) is 85.5 Å². The molecular formula is C24H34O4S. The van der Waals surface area contributed by atoms with E-state index >= 15 is 0 Å². The first-order valence-corrected chi connectivity index (χ1v) is 12.2. The maximum Gasteiger partial charge on any atom is 0.305 e. The molecule has 29 heavy (non-hydrogen) atoms. The maximum absolute atomic E-state index is 12.6. The third-order valence-electron chi connectivity index (χ3n) is 8.79. The van der Waals surface area contributed by atoms with E-state index < -0.39 is 0 Å². The largest absolute Gasteiger partial charge is 0.462 e. The average Bonchev–Trinajstić information content (AvgIpc) is 3.00. The lowest BCUT2D eigenvalue weighted by atomic mass is 9.47. The van der Waals surface area contributed by atoms with Gasteiger partial charge in [-0.25, -0.2) is 0 Å². The standard InChI is InChI=1S/C24H34O4S/c1-5-21(27)28-20-9-8-16-15-6-7-18-22(29-14(2)25)19(26)11-13-23(18,3)17(15)10-12-24(16,20)4/h15-17,20H,5-13H2,1-4H3/t15-,16-,17-,20+,23+,24-/m0/s1. The molecule has 6 atom stereocenters. The number of esters is 1. The Morgan fingerprint density at radius 3 is 2.52 bits per heavy atom. The summed E-state index contributed by atoms with van der Waals surface area (Å²) >= 11 is 1.17. The molecule has 0 amide bonds. The zero-order valence-electron chi connectivity index (χ0n) is 18.2. The van der Waals surface area contributed by atoms with Crippen LogP contribution >= 0.6 is 11.8 Å². The summed E-state index contributed by atoms with van der Waals surface area (Å²) in [5.74, 6) is 1.89. The van der Waals surface area contributed by atoms with Crippen molar-refractivity contribution >= 4 is 28.6 Å². The number of thioether (sulfide) groups is 1. The number of rotatable bonds is 3. The van der Waals surface area contributed by atoms with Gasteiger partial charge in [0.1, 0.15) is 6.10 Å². The predicted molar refractivity (Wildman–Crippen MR) is 114 cm³/mol. The van der Waals surface area contributed by atoms with Gasteiger partial charge in [0.05, 0.1) is 4.91 Å². The highest BCUT2D eigenvalue weighted by atomic mass is 32.2. The van der Waals surface area contributed by atoms with Crippen molar-refractivity contribution in [2.45, 2.75) is 91.6 Å². The molecule has 0 saturated heterocycles. The van der Waals surface area contributed by atoms with Crippen LogP contribution in [0.4, 0.5) is 0 Å². The van der Waals surface area contributed by atoms with E-state index in [4.69, 9.17) is 4.74 Å². The Hall–Kier alpha value is -1.10. The fourth-order valence-corrected chi connectivity index (χ4v) is 8.28. The smallest absolute Gasteiger partial charge is 0.305 e. The molecular weight excluding hydrogens is 384 g/mol. The quantitative estimate of drug-likeness (QED) is 0.571. The normalized spacial score (nSPS) is 41.4. The van der Waals surface area contributed by atoms with Gasteiger partial charge in [0.15, 0.2) is 10.9 Å². The molecule has 0 unspecified atom stereocenters. The highest BCUT2D eigenvalue weighted by molar-refractivity contribution is 8.17. The summed E-state index contributed by atoms with van der Waals surface area (Å²) in [7, 11) is 0. The van der Waals surface area contributed by atoms with E-state index in [-0.39, 0.29) is 33.8 Å². The molecule has 0 spiro atoms. The highest BCUT2D eigenvalue weighted by Gasteiger charge is 2.60. The summed E-state index contributed by atoms with van der Waals surface area (Å²) in [6, 6.07) is 0. The molecule has 0 bridgehead atoms. The van der Waals surface area contributed by atoms with Crippen molar-refractivity contribution < 1.29 is 19.1 Å². The minimum atomic E-state index is -0.0727. The van der Waals surface area contributed by atoms with Crippen LogP contribution in [-0.4, -0.2) is 23.0 Å². The molecule has 4 nitrogen and oxygen atoms in total. The molecule has 160 valence electrons. The van der Waals surface area contributed by atoms with Crippen LogP contribution in [0, 0.1) is 28.6 Å². The van der Waals surface area contributed by atoms with Crippen LogP contribution in [0.25, 0.3) is 0 Å². The minimum absolute atomic E-state index is 0.0137. The van der Waals surface area contributed by atoms with Crippen molar-refractivity contribution in [1.82, 2.24) is 0 Å².